The minimum absolute atomic E-state index is 0.0192. The SMILES string of the molecule is CC(C)(C)OC(=O)CCCCCCCCCCCCCC(=O)N[C@@H](CCC(=O)NCCCN(CCCCN(CCCNC(=O)OCc1ccccc1)C(=O)OC(C)(C)C)C(=O)OC(C)(C)C)C(=O)OC(C)(C)C. The molecular weight excluding hydrogens is 935 g/mol. The topological polar surface area (TPSA) is 208 Å². The number of rotatable bonds is 34. The maximum atomic E-state index is 13.3. The van der Waals surface area contributed by atoms with Crippen molar-refractivity contribution < 1.29 is 57.2 Å². The fourth-order valence-corrected chi connectivity index (χ4v) is 7.37. The molecule has 17 heteroatoms. The van der Waals surface area contributed by atoms with Crippen LogP contribution in [0.25, 0.3) is 0 Å². The van der Waals surface area contributed by atoms with Crippen LogP contribution in [0.15, 0.2) is 30.3 Å². The van der Waals surface area contributed by atoms with E-state index in [2.05, 4.69) is 16.0 Å². The number of carbonyl (C=O) groups is 7. The second kappa shape index (κ2) is 35.2. The van der Waals surface area contributed by atoms with Gasteiger partial charge in [0.1, 0.15) is 35.1 Å². The Labute approximate surface area is 439 Å². The molecule has 0 fully saturated rings. The Morgan fingerprint density at radius 2 is 0.890 bits per heavy atom. The Morgan fingerprint density at radius 1 is 0.466 bits per heavy atom. The molecule has 1 rings (SSSR count). The van der Waals surface area contributed by atoms with Crippen molar-refractivity contribution in [2.24, 2.45) is 0 Å². The Hall–Kier alpha value is -5.09. The molecule has 0 radical (unpaired) electrons. The van der Waals surface area contributed by atoms with Gasteiger partial charge in [-0.25, -0.2) is 19.2 Å². The quantitative estimate of drug-likeness (QED) is 0.0335. The second-order valence-corrected chi connectivity index (χ2v) is 22.9. The highest BCUT2D eigenvalue weighted by atomic mass is 16.6. The van der Waals surface area contributed by atoms with Gasteiger partial charge in [0.2, 0.25) is 11.8 Å². The van der Waals surface area contributed by atoms with Gasteiger partial charge < -0.3 is 49.4 Å². The number of unbranched alkanes of at least 4 members (excludes halogenated alkanes) is 11. The lowest BCUT2D eigenvalue weighted by molar-refractivity contribution is -0.159. The highest BCUT2D eigenvalue weighted by molar-refractivity contribution is 5.85. The average molecular weight is 1030 g/mol. The summed E-state index contributed by atoms with van der Waals surface area (Å²) in [7, 11) is 0. The molecule has 0 heterocycles. The molecule has 73 heavy (non-hydrogen) atoms. The first kappa shape index (κ1) is 65.9. The van der Waals surface area contributed by atoms with Crippen LogP contribution in [-0.4, -0.2) is 120 Å². The van der Waals surface area contributed by atoms with E-state index in [9.17, 15) is 33.6 Å². The highest BCUT2D eigenvalue weighted by Crippen LogP contribution is 2.17. The van der Waals surface area contributed by atoms with Crippen molar-refractivity contribution in [2.75, 3.05) is 39.3 Å². The van der Waals surface area contributed by atoms with Crippen molar-refractivity contribution in [3.8, 4) is 0 Å². The second-order valence-electron chi connectivity index (χ2n) is 22.9. The molecule has 1 aromatic rings. The summed E-state index contributed by atoms with van der Waals surface area (Å²) in [5.41, 5.74) is -1.77. The third-order valence-electron chi connectivity index (χ3n) is 10.8. The summed E-state index contributed by atoms with van der Waals surface area (Å²) in [6.45, 7) is 23.7. The highest BCUT2D eigenvalue weighted by Gasteiger charge is 2.28. The van der Waals surface area contributed by atoms with E-state index >= 15 is 0 Å². The van der Waals surface area contributed by atoms with Gasteiger partial charge in [-0.15, -0.1) is 0 Å². The standard InChI is InChI=1S/C56H97N5O12/c1-53(2,3)70-48(64)34-26-21-19-17-15-13-14-16-18-20-25-33-47(63)59-45(49(65)71-54(4,5)6)35-36-46(62)57-37-29-41-60(51(67)72-55(7,8)9)39-27-28-40-61(52(68)73-56(10,11)12)42-30-38-58-50(66)69-43-44-31-23-22-24-32-44/h22-24,31-32,45H,13-21,25-30,33-43H2,1-12H3,(H,57,62)(H,58,66)(H,59,63)/t45-/m0/s1. The van der Waals surface area contributed by atoms with Gasteiger partial charge in [-0.2, -0.15) is 0 Å². The number of hydrogen-bond acceptors (Lipinski definition) is 12. The van der Waals surface area contributed by atoms with Crippen LogP contribution in [0.4, 0.5) is 14.4 Å². The van der Waals surface area contributed by atoms with Gasteiger partial charge >= 0.3 is 30.2 Å². The van der Waals surface area contributed by atoms with Crippen LogP contribution >= 0.6 is 0 Å². The molecule has 0 saturated carbocycles. The summed E-state index contributed by atoms with van der Waals surface area (Å²) in [6.07, 6.45) is 12.7. The molecule has 0 aliphatic heterocycles. The smallest absolute Gasteiger partial charge is 0.410 e. The Bertz CT molecular complexity index is 1770. The first-order valence-electron chi connectivity index (χ1n) is 27.0. The van der Waals surface area contributed by atoms with Crippen LogP contribution in [0.2, 0.25) is 0 Å². The number of alkyl carbamates (subject to hydrolysis) is 1. The first-order chi connectivity index (χ1) is 34.1. The number of carbonyl (C=O) groups excluding carboxylic acids is 7. The lowest BCUT2D eigenvalue weighted by Gasteiger charge is -2.29. The normalized spacial score (nSPS) is 12.2. The third kappa shape index (κ3) is 38.2. The van der Waals surface area contributed by atoms with E-state index < -0.39 is 52.7 Å². The van der Waals surface area contributed by atoms with Gasteiger partial charge in [-0.05, 0) is 134 Å². The largest absolute Gasteiger partial charge is 0.460 e. The van der Waals surface area contributed by atoms with E-state index in [0.29, 0.717) is 71.2 Å². The summed E-state index contributed by atoms with van der Waals surface area (Å²) < 4.78 is 27.6. The van der Waals surface area contributed by atoms with Crippen LogP contribution in [0.1, 0.15) is 211 Å². The minimum Gasteiger partial charge on any atom is -0.460 e. The van der Waals surface area contributed by atoms with Gasteiger partial charge in [-0.3, -0.25) is 14.4 Å². The van der Waals surface area contributed by atoms with E-state index in [1.54, 1.807) is 72.1 Å². The molecule has 17 nitrogen and oxygen atoms in total. The summed E-state index contributed by atoms with van der Waals surface area (Å²) >= 11 is 0. The zero-order valence-corrected chi connectivity index (χ0v) is 47.1. The Morgan fingerprint density at radius 3 is 1.36 bits per heavy atom. The lowest BCUT2D eigenvalue weighted by Crippen LogP contribution is -2.44. The lowest BCUT2D eigenvalue weighted by atomic mass is 10.0. The van der Waals surface area contributed by atoms with Crippen molar-refractivity contribution in [1.29, 1.82) is 0 Å². The van der Waals surface area contributed by atoms with Crippen LogP contribution in [0.5, 0.6) is 0 Å². The number of amides is 5. The molecule has 5 amide bonds. The molecule has 1 atom stereocenters. The fraction of sp³-hybridized carbons (Fsp3) is 0.768. The van der Waals surface area contributed by atoms with Crippen molar-refractivity contribution in [3.63, 3.8) is 0 Å². The molecule has 0 spiro atoms. The summed E-state index contributed by atoms with van der Waals surface area (Å²) in [5, 5.41) is 8.42. The number of ether oxygens (including phenoxy) is 5. The molecule has 0 unspecified atom stereocenters. The van der Waals surface area contributed by atoms with Crippen molar-refractivity contribution in [1.82, 2.24) is 25.8 Å². The fourth-order valence-electron chi connectivity index (χ4n) is 7.37. The molecule has 0 saturated heterocycles. The molecular formula is C56H97N5O12. The molecule has 0 aliphatic rings. The van der Waals surface area contributed by atoms with Crippen molar-refractivity contribution in [2.45, 2.75) is 240 Å². The summed E-state index contributed by atoms with van der Waals surface area (Å²) in [4.78, 5) is 92.9. The minimum atomic E-state index is -0.977. The van der Waals surface area contributed by atoms with Crippen LogP contribution in [0, 0.1) is 0 Å². The predicted molar refractivity (Wildman–Crippen MR) is 285 cm³/mol. The summed E-state index contributed by atoms with van der Waals surface area (Å²) in [5.74, 6) is -1.27. The first-order valence-corrected chi connectivity index (χ1v) is 27.0. The molecule has 418 valence electrons. The molecule has 0 aliphatic carbocycles. The van der Waals surface area contributed by atoms with Crippen LogP contribution in [-0.2, 0) is 49.5 Å². The number of nitrogens with zero attached hydrogens (tertiary/aromatic N) is 2. The number of hydrogen-bond donors (Lipinski definition) is 3. The molecule has 1 aromatic carbocycles. The molecule has 0 aromatic heterocycles. The van der Waals surface area contributed by atoms with Gasteiger partial charge in [0, 0.05) is 58.5 Å². The van der Waals surface area contributed by atoms with Crippen LogP contribution < -0.4 is 16.0 Å². The Balaban J connectivity index is 2.57. The molecule has 0 bridgehead atoms. The maximum Gasteiger partial charge on any atom is 0.410 e. The Kier molecular flexibility index (Phi) is 31.8. The number of esters is 2. The third-order valence-corrected chi connectivity index (χ3v) is 10.8. The van der Waals surface area contributed by atoms with Gasteiger partial charge in [0.25, 0.3) is 0 Å². The van der Waals surface area contributed by atoms with Crippen molar-refractivity contribution in [3.05, 3.63) is 35.9 Å². The number of nitrogens with one attached hydrogen (secondary N) is 3. The zero-order valence-electron chi connectivity index (χ0n) is 47.1. The van der Waals surface area contributed by atoms with Crippen molar-refractivity contribution >= 4 is 42.0 Å². The van der Waals surface area contributed by atoms with E-state index in [4.69, 9.17) is 23.7 Å². The summed E-state index contributed by atoms with van der Waals surface area (Å²) in [6, 6.07) is 8.39. The maximum absolute atomic E-state index is 13.3. The van der Waals surface area contributed by atoms with E-state index in [1.165, 1.54) is 12.8 Å². The monoisotopic (exact) mass is 1030 g/mol. The molecule has 3 N–H and O–H groups in total. The van der Waals surface area contributed by atoms with E-state index in [0.717, 1.165) is 56.9 Å². The van der Waals surface area contributed by atoms with E-state index in [-0.39, 0.29) is 50.2 Å². The van der Waals surface area contributed by atoms with Gasteiger partial charge in [0.05, 0.1) is 0 Å². The van der Waals surface area contributed by atoms with Gasteiger partial charge in [0.15, 0.2) is 0 Å². The van der Waals surface area contributed by atoms with Crippen LogP contribution in [0.3, 0.4) is 0 Å². The number of benzene rings is 1. The average Bonchev–Trinajstić information content (AvgIpc) is 3.26. The van der Waals surface area contributed by atoms with E-state index in [1.807, 2.05) is 51.1 Å². The van der Waals surface area contributed by atoms with Gasteiger partial charge in [-0.1, -0.05) is 88.1 Å². The zero-order chi connectivity index (χ0) is 54.9. The predicted octanol–water partition coefficient (Wildman–Crippen LogP) is 11.1.